The number of hydrogen-bond acceptors (Lipinski definition) is 3. The number of amides is 2. The summed E-state index contributed by atoms with van der Waals surface area (Å²) in [5.74, 6) is -0.367. The van der Waals surface area contributed by atoms with Gasteiger partial charge in [-0.2, -0.15) is 5.10 Å². The van der Waals surface area contributed by atoms with Crippen LogP contribution in [-0.4, -0.2) is 28.1 Å². The van der Waals surface area contributed by atoms with Crippen molar-refractivity contribution in [3.63, 3.8) is 0 Å². The summed E-state index contributed by atoms with van der Waals surface area (Å²) < 4.78 is 1.77. The van der Waals surface area contributed by atoms with Crippen LogP contribution in [0.15, 0.2) is 6.20 Å². The molecule has 2 heterocycles. The van der Waals surface area contributed by atoms with E-state index in [9.17, 15) is 9.59 Å². The third-order valence-corrected chi connectivity index (χ3v) is 3.14. The summed E-state index contributed by atoms with van der Waals surface area (Å²) in [5.41, 5.74) is 2.03. The Hall–Kier alpha value is -1.85. The number of carbonyl (C=O) groups excluding carboxylic acids is 2. The second-order valence-corrected chi connectivity index (χ2v) is 4.30. The van der Waals surface area contributed by atoms with Gasteiger partial charge in [-0.05, 0) is 6.92 Å². The van der Waals surface area contributed by atoms with Gasteiger partial charge in [-0.25, -0.2) is 0 Å². The van der Waals surface area contributed by atoms with Crippen LogP contribution >= 0.6 is 0 Å². The molecule has 1 aromatic heterocycles. The smallest absolute Gasteiger partial charge is 0.225 e. The molecular formula is C11H16N4O2. The first kappa shape index (κ1) is 11.6. The largest absolute Gasteiger partial charge is 0.355 e. The highest BCUT2D eigenvalue weighted by molar-refractivity contribution is 5.89. The molecular weight excluding hydrogens is 220 g/mol. The molecule has 0 spiro atoms. The Kier molecular flexibility index (Phi) is 3.12. The van der Waals surface area contributed by atoms with Crippen LogP contribution in [0.25, 0.3) is 0 Å². The summed E-state index contributed by atoms with van der Waals surface area (Å²) in [6, 6.07) is 0. The van der Waals surface area contributed by atoms with Crippen molar-refractivity contribution in [1.29, 1.82) is 0 Å². The molecule has 1 aliphatic heterocycles. The van der Waals surface area contributed by atoms with Crippen LogP contribution in [0, 0.1) is 12.8 Å². The topological polar surface area (TPSA) is 76.0 Å². The van der Waals surface area contributed by atoms with Gasteiger partial charge in [0.1, 0.15) is 0 Å². The lowest BCUT2D eigenvalue weighted by molar-refractivity contribution is -0.126. The Balaban J connectivity index is 1.88. The highest BCUT2D eigenvalue weighted by atomic mass is 16.2. The van der Waals surface area contributed by atoms with Crippen LogP contribution < -0.4 is 10.6 Å². The van der Waals surface area contributed by atoms with E-state index in [4.69, 9.17) is 0 Å². The van der Waals surface area contributed by atoms with E-state index < -0.39 is 0 Å². The molecule has 1 fully saturated rings. The zero-order valence-corrected chi connectivity index (χ0v) is 9.99. The first-order valence-corrected chi connectivity index (χ1v) is 5.60. The van der Waals surface area contributed by atoms with Crippen LogP contribution in [0.4, 0.5) is 0 Å². The van der Waals surface area contributed by atoms with Crippen molar-refractivity contribution in [3.8, 4) is 0 Å². The first-order valence-electron chi connectivity index (χ1n) is 5.60. The van der Waals surface area contributed by atoms with Crippen molar-refractivity contribution >= 4 is 11.8 Å². The van der Waals surface area contributed by atoms with Crippen LogP contribution in [0.3, 0.4) is 0 Å². The van der Waals surface area contributed by atoms with Gasteiger partial charge in [-0.3, -0.25) is 14.3 Å². The summed E-state index contributed by atoms with van der Waals surface area (Å²) in [5, 5.41) is 9.58. The highest BCUT2D eigenvalue weighted by Gasteiger charge is 2.27. The van der Waals surface area contributed by atoms with E-state index in [1.54, 1.807) is 10.9 Å². The molecule has 92 valence electrons. The Morgan fingerprint density at radius 1 is 1.71 bits per heavy atom. The average molecular weight is 236 g/mol. The third-order valence-electron chi connectivity index (χ3n) is 3.14. The van der Waals surface area contributed by atoms with E-state index in [0.717, 1.165) is 11.3 Å². The van der Waals surface area contributed by atoms with Gasteiger partial charge in [0.25, 0.3) is 0 Å². The lowest BCUT2D eigenvalue weighted by Crippen LogP contribution is -2.31. The number of aromatic nitrogens is 2. The highest BCUT2D eigenvalue weighted by Crippen LogP contribution is 2.10. The van der Waals surface area contributed by atoms with Crippen molar-refractivity contribution in [2.24, 2.45) is 13.0 Å². The van der Waals surface area contributed by atoms with Gasteiger partial charge < -0.3 is 10.6 Å². The predicted octanol–water partition coefficient (Wildman–Crippen LogP) is -0.519. The normalized spacial score (nSPS) is 19.2. The van der Waals surface area contributed by atoms with Gasteiger partial charge in [-0.1, -0.05) is 0 Å². The fourth-order valence-corrected chi connectivity index (χ4v) is 1.83. The number of rotatable bonds is 3. The number of carbonyl (C=O) groups is 2. The second kappa shape index (κ2) is 4.57. The predicted molar refractivity (Wildman–Crippen MR) is 60.9 cm³/mol. The Morgan fingerprint density at radius 3 is 3.00 bits per heavy atom. The van der Waals surface area contributed by atoms with Crippen molar-refractivity contribution < 1.29 is 9.59 Å². The first-order chi connectivity index (χ1) is 8.08. The van der Waals surface area contributed by atoms with Gasteiger partial charge >= 0.3 is 0 Å². The monoisotopic (exact) mass is 236 g/mol. The molecule has 1 unspecified atom stereocenters. The molecule has 0 bridgehead atoms. The number of nitrogens with one attached hydrogen (secondary N) is 2. The van der Waals surface area contributed by atoms with Crippen LogP contribution in [0.2, 0.25) is 0 Å². The van der Waals surface area contributed by atoms with Crippen LogP contribution in [0.5, 0.6) is 0 Å². The molecule has 1 aromatic rings. The molecule has 0 aliphatic carbocycles. The van der Waals surface area contributed by atoms with Gasteiger partial charge in [-0.15, -0.1) is 0 Å². The fourth-order valence-electron chi connectivity index (χ4n) is 1.83. The van der Waals surface area contributed by atoms with Crippen molar-refractivity contribution in [2.45, 2.75) is 19.9 Å². The van der Waals surface area contributed by atoms with E-state index in [0.29, 0.717) is 13.1 Å². The van der Waals surface area contributed by atoms with Crippen LogP contribution in [0.1, 0.15) is 17.7 Å². The minimum Gasteiger partial charge on any atom is -0.355 e. The molecule has 0 radical (unpaired) electrons. The third kappa shape index (κ3) is 2.46. The lowest BCUT2D eigenvalue weighted by atomic mass is 10.1. The summed E-state index contributed by atoms with van der Waals surface area (Å²) in [7, 11) is 1.86. The fraction of sp³-hybridized carbons (Fsp3) is 0.545. The molecule has 1 aliphatic rings. The summed E-state index contributed by atoms with van der Waals surface area (Å²) in [6.07, 6.45) is 2.03. The molecule has 6 heteroatoms. The van der Waals surface area contributed by atoms with Crippen LogP contribution in [-0.2, 0) is 23.2 Å². The Labute approximate surface area is 99.4 Å². The Bertz CT molecular complexity index is 452. The molecule has 0 aromatic carbocycles. The van der Waals surface area contributed by atoms with Gasteiger partial charge in [0, 0.05) is 37.8 Å². The van der Waals surface area contributed by atoms with Crippen molar-refractivity contribution in [3.05, 3.63) is 17.5 Å². The van der Waals surface area contributed by atoms with Crippen molar-refractivity contribution in [1.82, 2.24) is 20.4 Å². The van der Waals surface area contributed by atoms with E-state index in [1.807, 2.05) is 14.0 Å². The summed E-state index contributed by atoms with van der Waals surface area (Å²) in [6.45, 7) is 2.86. The van der Waals surface area contributed by atoms with Crippen molar-refractivity contribution in [2.75, 3.05) is 6.54 Å². The average Bonchev–Trinajstić information content (AvgIpc) is 2.86. The standard InChI is InChI=1S/C11H16N4O2/c1-7-9(6-14-15(7)2)5-13-11(17)8-3-10(16)12-4-8/h6,8H,3-5H2,1-2H3,(H,12,16)(H,13,17). The number of nitrogens with zero attached hydrogens (tertiary/aromatic N) is 2. The van der Waals surface area contributed by atoms with E-state index in [1.165, 1.54) is 0 Å². The molecule has 2 rings (SSSR count). The van der Waals surface area contributed by atoms with Gasteiger partial charge in [0.2, 0.25) is 11.8 Å². The maximum absolute atomic E-state index is 11.8. The minimum absolute atomic E-state index is 0.0530. The van der Waals surface area contributed by atoms with Gasteiger partial charge in [0.05, 0.1) is 12.1 Å². The SMILES string of the molecule is Cc1c(CNC(=O)C2CNC(=O)C2)cnn1C. The quantitative estimate of drug-likeness (QED) is 0.741. The van der Waals surface area contributed by atoms with Gasteiger partial charge in [0.15, 0.2) is 0 Å². The molecule has 0 saturated carbocycles. The molecule has 1 atom stereocenters. The summed E-state index contributed by atoms with van der Waals surface area (Å²) >= 11 is 0. The molecule has 6 nitrogen and oxygen atoms in total. The molecule has 2 amide bonds. The zero-order valence-electron chi connectivity index (χ0n) is 9.99. The second-order valence-electron chi connectivity index (χ2n) is 4.30. The Morgan fingerprint density at radius 2 is 2.47 bits per heavy atom. The molecule has 17 heavy (non-hydrogen) atoms. The van der Waals surface area contributed by atoms with E-state index >= 15 is 0 Å². The molecule has 1 saturated heterocycles. The maximum atomic E-state index is 11.8. The number of hydrogen-bond donors (Lipinski definition) is 2. The number of aryl methyl sites for hydroxylation is 1. The minimum atomic E-state index is -0.237. The summed E-state index contributed by atoms with van der Waals surface area (Å²) in [4.78, 5) is 22.7. The molecule has 2 N–H and O–H groups in total. The maximum Gasteiger partial charge on any atom is 0.225 e. The van der Waals surface area contributed by atoms with E-state index in [2.05, 4.69) is 15.7 Å². The van der Waals surface area contributed by atoms with E-state index in [-0.39, 0.29) is 24.2 Å². The lowest BCUT2D eigenvalue weighted by Gasteiger charge is -2.08. The zero-order chi connectivity index (χ0) is 12.4.